The first-order valence-corrected chi connectivity index (χ1v) is 18.5. The van der Waals surface area contributed by atoms with Crippen LogP contribution in [0, 0.1) is 0 Å². The summed E-state index contributed by atoms with van der Waals surface area (Å²) >= 11 is 0. The number of nitrogens with zero attached hydrogens (tertiary/aromatic N) is 1. The first kappa shape index (κ1) is 29.5. The number of hydrogen-bond acceptors (Lipinski definition) is 2. The van der Waals surface area contributed by atoms with Crippen molar-refractivity contribution in [3.8, 4) is 16.8 Å². The SMILES string of the molecule is CC1(C)CCC(C)(C)c2cc3c4c(oc3cc21)[B]c1c(-c2cccc3c2Nc2ccccc2C3(C)C)c2ccccc2c2c3ccccc3n-4c12. The quantitative estimate of drug-likeness (QED) is 0.178. The molecular weight excluding hydrogens is 619 g/mol. The Morgan fingerprint density at radius 1 is 0.647 bits per heavy atom. The zero-order valence-corrected chi connectivity index (χ0v) is 30.2. The van der Waals surface area contributed by atoms with E-state index in [1.807, 2.05) is 0 Å². The molecule has 2 aromatic heterocycles. The number of hydrogen-bond donors (Lipinski definition) is 1. The number of furan rings is 1. The highest BCUT2D eigenvalue weighted by Gasteiger charge is 2.40. The van der Waals surface area contributed by atoms with Crippen LogP contribution in [-0.2, 0) is 16.2 Å². The number of fused-ring (bicyclic) bond motifs is 12. The predicted octanol–water partition coefficient (Wildman–Crippen LogP) is 11.1. The van der Waals surface area contributed by atoms with Gasteiger partial charge in [-0.05, 0) is 92.0 Å². The number of nitrogens with one attached hydrogen (secondary N) is 1. The van der Waals surface area contributed by atoms with Crippen molar-refractivity contribution in [1.82, 2.24) is 4.57 Å². The topological polar surface area (TPSA) is 30.1 Å². The molecule has 0 unspecified atom stereocenters. The number of para-hydroxylation sites is 3. The summed E-state index contributed by atoms with van der Waals surface area (Å²) < 4.78 is 9.56. The molecule has 4 heteroatoms. The molecule has 1 aliphatic carbocycles. The minimum absolute atomic E-state index is 0.0999. The molecule has 0 amide bonds. The normalized spacial score (nSPS) is 17.5. The van der Waals surface area contributed by atoms with Crippen molar-refractivity contribution >= 4 is 73.3 Å². The monoisotopic (exact) mass is 659 g/mol. The molecule has 1 radical (unpaired) electrons. The molecule has 8 aromatic rings. The van der Waals surface area contributed by atoms with Crippen molar-refractivity contribution in [2.75, 3.05) is 5.32 Å². The molecule has 0 fully saturated rings. The van der Waals surface area contributed by atoms with Gasteiger partial charge >= 0.3 is 0 Å². The van der Waals surface area contributed by atoms with E-state index in [9.17, 15) is 0 Å². The van der Waals surface area contributed by atoms with Crippen molar-refractivity contribution in [3.05, 3.63) is 125 Å². The maximum Gasteiger partial charge on any atom is 0.247 e. The van der Waals surface area contributed by atoms with E-state index < -0.39 is 0 Å². The Balaban J connectivity index is 1.28. The maximum atomic E-state index is 7.03. The van der Waals surface area contributed by atoms with Gasteiger partial charge in [-0.15, -0.1) is 0 Å². The van der Waals surface area contributed by atoms with Crippen LogP contribution in [0.15, 0.2) is 108 Å². The van der Waals surface area contributed by atoms with Gasteiger partial charge in [-0.25, -0.2) is 0 Å². The van der Waals surface area contributed by atoms with Crippen LogP contribution in [-0.4, -0.2) is 11.8 Å². The second kappa shape index (κ2) is 9.56. The number of rotatable bonds is 1. The molecule has 0 bridgehead atoms. The molecular formula is C47H40BN2O. The Labute approximate surface area is 299 Å². The van der Waals surface area contributed by atoms with Crippen LogP contribution >= 0.6 is 0 Å². The highest BCUT2D eigenvalue weighted by Crippen LogP contribution is 2.52. The van der Waals surface area contributed by atoms with E-state index >= 15 is 0 Å². The summed E-state index contributed by atoms with van der Waals surface area (Å²) in [4.78, 5) is 0. The predicted molar refractivity (Wildman–Crippen MR) is 216 cm³/mol. The summed E-state index contributed by atoms with van der Waals surface area (Å²) in [6.45, 7) is 14.3. The molecule has 3 nitrogen and oxygen atoms in total. The average Bonchev–Trinajstić information content (AvgIpc) is 3.66. The highest BCUT2D eigenvalue weighted by atomic mass is 16.3. The fourth-order valence-corrected chi connectivity index (χ4v) is 10.1. The van der Waals surface area contributed by atoms with E-state index in [0.29, 0.717) is 0 Å². The summed E-state index contributed by atoms with van der Waals surface area (Å²) in [6, 6.07) is 38.5. The summed E-state index contributed by atoms with van der Waals surface area (Å²) in [6.07, 6.45) is 2.35. The van der Waals surface area contributed by atoms with Gasteiger partial charge in [0.15, 0.2) is 0 Å². The molecule has 4 heterocycles. The summed E-state index contributed by atoms with van der Waals surface area (Å²) in [5.74, 6) is 0. The fraction of sp³-hybridized carbons (Fsp3) is 0.234. The third kappa shape index (κ3) is 3.70. The summed E-state index contributed by atoms with van der Waals surface area (Å²) in [5, 5.41) is 10.2. The zero-order chi connectivity index (χ0) is 34.6. The lowest BCUT2D eigenvalue weighted by atomic mass is 9.61. The maximum absolute atomic E-state index is 7.03. The molecule has 247 valence electrons. The van der Waals surface area contributed by atoms with E-state index in [1.165, 1.54) is 101 Å². The van der Waals surface area contributed by atoms with Gasteiger partial charge in [0, 0.05) is 38.3 Å². The number of benzene rings is 6. The van der Waals surface area contributed by atoms with Gasteiger partial charge in [-0.1, -0.05) is 120 Å². The molecule has 3 aliphatic rings. The minimum Gasteiger partial charge on any atom is -0.469 e. The Bertz CT molecular complexity index is 2840. The van der Waals surface area contributed by atoms with Crippen molar-refractivity contribution in [1.29, 1.82) is 0 Å². The van der Waals surface area contributed by atoms with Gasteiger partial charge in [0.2, 0.25) is 7.28 Å². The van der Waals surface area contributed by atoms with Gasteiger partial charge in [-0.2, -0.15) is 0 Å². The van der Waals surface area contributed by atoms with Crippen LogP contribution in [0.5, 0.6) is 0 Å². The molecule has 6 aromatic carbocycles. The van der Waals surface area contributed by atoms with Crippen LogP contribution in [0.2, 0.25) is 0 Å². The third-order valence-corrected chi connectivity index (χ3v) is 12.9. The Hall–Kier alpha value is -5.22. The Morgan fingerprint density at radius 3 is 2.12 bits per heavy atom. The Kier molecular flexibility index (Phi) is 5.53. The minimum atomic E-state index is -0.157. The van der Waals surface area contributed by atoms with Crippen molar-refractivity contribution < 1.29 is 4.42 Å². The number of anilines is 2. The van der Waals surface area contributed by atoms with Crippen LogP contribution in [0.4, 0.5) is 11.4 Å². The first-order valence-electron chi connectivity index (χ1n) is 18.5. The standard InChI is InChI=1S/C47H40BN2O/c1-45(2)22-23-46(3,4)34-25-37-30(24-33(34)45)42-44(51-37)48-40-38(29-17-13-19-32-41(29)49-35-20-11-10-18-31(35)47(32,5)6)26-14-7-8-15-27(26)39-28-16-9-12-21-36(28)50(42)43(39)40/h7-21,24-25,49H,22-23H2,1-6H3. The third-order valence-electron chi connectivity index (χ3n) is 12.9. The average molecular weight is 660 g/mol. The highest BCUT2D eigenvalue weighted by molar-refractivity contribution is 6.74. The van der Waals surface area contributed by atoms with Gasteiger partial charge < -0.3 is 14.3 Å². The van der Waals surface area contributed by atoms with Crippen LogP contribution in [0.25, 0.3) is 60.4 Å². The second-order valence-corrected chi connectivity index (χ2v) is 17.1. The molecule has 51 heavy (non-hydrogen) atoms. The van der Waals surface area contributed by atoms with Gasteiger partial charge in [0.25, 0.3) is 0 Å². The lowest BCUT2D eigenvalue weighted by Gasteiger charge is -2.41. The first-order chi connectivity index (χ1) is 24.5. The lowest BCUT2D eigenvalue weighted by Crippen LogP contribution is -2.36. The molecule has 2 aliphatic heterocycles. The lowest BCUT2D eigenvalue weighted by molar-refractivity contribution is 0.332. The van der Waals surface area contributed by atoms with E-state index in [-0.39, 0.29) is 16.2 Å². The zero-order valence-electron chi connectivity index (χ0n) is 30.2. The van der Waals surface area contributed by atoms with Crippen molar-refractivity contribution in [3.63, 3.8) is 0 Å². The summed E-state index contributed by atoms with van der Waals surface area (Å²) in [5.41, 5.74) is 17.1. The van der Waals surface area contributed by atoms with E-state index in [0.717, 1.165) is 16.9 Å². The van der Waals surface area contributed by atoms with Gasteiger partial charge in [0.1, 0.15) is 5.58 Å². The second-order valence-electron chi connectivity index (χ2n) is 17.1. The van der Waals surface area contributed by atoms with Crippen LogP contribution in [0.1, 0.15) is 76.6 Å². The molecule has 1 N–H and O–H groups in total. The van der Waals surface area contributed by atoms with Crippen LogP contribution in [0.3, 0.4) is 0 Å². The molecule has 0 atom stereocenters. The van der Waals surface area contributed by atoms with Crippen LogP contribution < -0.4 is 16.4 Å². The van der Waals surface area contributed by atoms with E-state index in [2.05, 4.69) is 162 Å². The van der Waals surface area contributed by atoms with Gasteiger partial charge in [-0.3, -0.25) is 0 Å². The fourth-order valence-electron chi connectivity index (χ4n) is 10.1. The molecule has 11 rings (SSSR count). The summed E-state index contributed by atoms with van der Waals surface area (Å²) in [7, 11) is 2.36. The van der Waals surface area contributed by atoms with Crippen molar-refractivity contribution in [2.24, 2.45) is 0 Å². The number of aromatic nitrogens is 1. The smallest absolute Gasteiger partial charge is 0.247 e. The van der Waals surface area contributed by atoms with E-state index in [4.69, 9.17) is 4.42 Å². The Morgan fingerprint density at radius 2 is 1.31 bits per heavy atom. The largest absolute Gasteiger partial charge is 0.469 e. The molecule has 0 saturated carbocycles. The van der Waals surface area contributed by atoms with Crippen molar-refractivity contribution in [2.45, 2.75) is 70.6 Å². The molecule has 0 spiro atoms. The van der Waals surface area contributed by atoms with Gasteiger partial charge in [0.05, 0.1) is 22.6 Å². The molecule has 0 saturated heterocycles. The van der Waals surface area contributed by atoms with E-state index in [1.54, 1.807) is 0 Å².